The normalized spacial score (nSPS) is 10.4. The van der Waals surface area contributed by atoms with Crippen LogP contribution < -0.4 is 10.5 Å². The first-order valence-corrected chi connectivity index (χ1v) is 6.58. The predicted octanol–water partition coefficient (Wildman–Crippen LogP) is 1.66. The van der Waals surface area contributed by atoms with Crippen LogP contribution in [-0.2, 0) is 11.2 Å². The molecule has 1 rings (SSSR count). The Bertz CT molecular complexity index is 444. The predicted molar refractivity (Wildman–Crippen MR) is 77.5 cm³/mol. The fraction of sp³-hybridized carbons (Fsp3) is 0.533. The lowest BCUT2D eigenvalue weighted by Gasteiger charge is -2.18. The molecule has 4 heteroatoms. The van der Waals surface area contributed by atoms with Crippen molar-refractivity contribution in [3.8, 4) is 5.75 Å². The standard InChI is InChI=1S/C15H24N2O2/c1-11-12(2)14(19-4)6-5-13(11)8-10-17(3)15(18)7-9-16/h5-6H,7-10,16H2,1-4H3. The monoisotopic (exact) mass is 264 g/mol. The third kappa shape index (κ3) is 3.96. The van der Waals surface area contributed by atoms with E-state index in [1.54, 1.807) is 12.0 Å². The van der Waals surface area contributed by atoms with Crippen molar-refractivity contribution in [1.82, 2.24) is 4.90 Å². The van der Waals surface area contributed by atoms with E-state index in [1.807, 2.05) is 13.1 Å². The second-order valence-electron chi connectivity index (χ2n) is 4.78. The lowest BCUT2D eigenvalue weighted by molar-refractivity contribution is -0.129. The number of rotatable bonds is 6. The lowest BCUT2D eigenvalue weighted by atomic mass is 10.00. The topological polar surface area (TPSA) is 55.6 Å². The average Bonchev–Trinajstić information content (AvgIpc) is 2.40. The first-order chi connectivity index (χ1) is 9.01. The van der Waals surface area contributed by atoms with Gasteiger partial charge < -0.3 is 15.4 Å². The Kier molecular flexibility index (Phi) is 5.83. The van der Waals surface area contributed by atoms with Gasteiger partial charge in [-0.25, -0.2) is 0 Å². The summed E-state index contributed by atoms with van der Waals surface area (Å²) in [5.74, 6) is 1.01. The minimum Gasteiger partial charge on any atom is -0.496 e. The van der Waals surface area contributed by atoms with Gasteiger partial charge in [0.1, 0.15) is 5.75 Å². The molecule has 2 N–H and O–H groups in total. The van der Waals surface area contributed by atoms with Gasteiger partial charge in [0, 0.05) is 26.6 Å². The zero-order valence-electron chi connectivity index (χ0n) is 12.3. The van der Waals surface area contributed by atoms with Crippen LogP contribution in [0.2, 0.25) is 0 Å². The van der Waals surface area contributed by atoms with Crippen molar-refractivity contribution in [2.75, 3.05) is 27.2 Å². The zero-order valence-corrected chi connectivity index (χ0v) is 12.3. The van der Waals surface area contributed by atoms with Gasteiger partial charge in [-0.1, -0.05) is 6.07 Å². The molecule has 19 heavy (non-hydrogen) atoms. The first-order valence-electron chi connectivity index (χ1n) is 6.58. The number of carbonyl (C=O) groups excluding carboxylic acids is 1. The molecule has 1 amide bonds. The van der Waals surface area contributed by atoms with E-state index in [1.165, 1.54) is 11.1 Å². The number of carbonyl (C=O) groups is 1. The van der Waals surface area contributed by atoms with Crippen molar-refractivity contribution in [3.05, 3.63) is 28.8 Å². The molecule has 0 heterocycles. The molecule has 0 aliphatic rings. The van der Waals surface area contributed by atoms with E-state index in [-0.39, 0.29) is 5.91 Å². The molecular formula is C15H24N2O2. The fourth-order valence-corrected chi connectivity index (χ4v) is 2.07. The minimum absolute atomic E-state index is 0.102. The second-order valence-corrected chi connectivity index (χ2v) is 4.78. The van der Waals surface area contributed by atoms with E-state index in [0.717, 1.165) is 17.7 Å². The maximum absolute atomic E-state index is 11.6. The number of amides is 1. The van der Waals surface area contributed by atoms with Crippen LogP contribution in [0, 0.1) is 13.8 Å². The quantitative estimate of drug-likeness (QED) is 0.850. The van der Waals surface area contributed by atoms with E-state index in [0.29, 0.717) is 19.5 Å². The van der Waals surface area contributed by atoms with E-state index in [9.17, 15) is 4.79 Å². The molecule has 0 bridgehead atoms. The van der Waals surface area contributed by atoms with Gasteiger partial charge in [0.05, 0.1) is 7.11 Å². The number of methoxy groups -OCH3 is 1. The van der Waals surface area contributed by atoms with Gasteiger partial charge in [-0.3, -0.25) is 4.79 Å². The van der Waals surface area contributed by atoms with Crippen LogP contribution in [0.15, 0.2) is 12.1 Å². The van der Waals surface area contributed by atoms with Gasteiger partial charge in [0.15, 0.2) is 0 Å². The summed E-state index contributed by atoms with van der Waals surface area (Å²) >= 11 is 0. The number of hydrogen-bond donors (Lipinski definition) is 1. The van der Waals surface area contributed by atoms with Crippen molar-refractivity contribution < 1.29 is 9.53 Å². The first kappa shape index (κ1) is 15.5. The maximum atomic E-state index is 11.6. The highest BCUT2D eigenvalue weighted by atomic mass is 16.5. The molecule has 0 aromatic heterocycles. The van der Waals surface area contributed by atoms with Crippen LogP contribution in [0.4, 0.5) is 0 Å². The fourth-order valence-electron chi connectivity index (χ4n) is 2.07. The molecule has 4 nitrogen and oxygen atoms in total. The van der Waals surface area contributed by atoms with Gasteiger partial charge in [0.25, 0.3) is 0 Å². The van der Waals surface area contributed by atoms with Gasteiger partial charge in [-0.05, 0) is 43.0 Å². The summed E-state index contributed by atoms with van der Waals surface area (Å²) in [7, 11) is 3.50. The van der Waals surface area contributed by atoms with Crippen LogP contribution in [0.3, 0.4) is 0 Å². The van der Waals surface area contributed by atoms with Crippen molar-refractivity contribution in [1.29, 1.82) is 0 Å². The SMILES string of the molecule is COc1ccc(CCN(C)C(=O)CCN)c(C)c1C. The molecular weight excluding hydrogens is 240 g/mol. The van der Waals surface area contributed by atoms with Crippen molar-refractivity contribution >= 4 is 5.91 Å². The average molecular weight is 264 g/mol. The lowest BCUT2D eigenvalue weighted by Crippen LogP contribution is -2.30. The Morgan fingerprint density at radius 1 is 1.32 bits per heavy atom. The molecule has 0 unspecified atom stereocenters. The number of nitrogens with zero attached hydrogens (tertiary/aromatic N) is 1. The number of likely N-dealkylation sites (N-methyl/N-ethyl adjacent to an activating group) is 1. The summed E-state index contributed by atoms with van der Waals surface area (Å²) in [5, 5.41) is 0. The Morgan fingerprint density at radius 3 is 2.58 bits per heavy atom. The Balaban J connectivity index is 2.68. The summed E-state index contributed by atoms with van der Waals surface area (Å²) in [5.41, 5.74) is 9.04. The van der Waals surface area contributed by atoms with Crippen LogP contribution in [0.1, 0.15) is 23.1 Å². The largest absolute Gasteiger partial charge is 0.496 e. The van der Waals surface area contributed by atoms with E-state index in [2.05, 4.69) is 19.9 Å². The van der Waals surface area contributed by atoms with Crippen LogP contribution in [-0.4, -0.2) is 38.1 Å². The molecule has 0 saturated carbocycles. The Labute approximate surface area is 115 Å². The molecule has 0 radical (unpaired) electrons. The molecule has 0 saturated heterocycles. The summed E-state index contributed by atoms with van der Waals surface area (Å²) in [6.07, 6.45) is 1.26. The van der Waals surface area contributed by atoms with E-state index in [4.69, 9.17) is 10.5 Å². The Hall–Kier alpha value is -1.55. The second kappa shape index (κ2) is 7.14. The summed E-state index contributed by atoms with van der Waals surface area (Å²) in [6, 6.07) is 4.06. The molecule has 0 atom stereocenters. The van der Waals surface area contributed by atoms with Crippen molar-refractivity contribution in [3.63, 3.8) is 0 Å². The van der Waals surface area contributed by atoms with Gasteiger partial charge in [0.2, 0.25) is 5.91 Å². The van der Waals surface area contributed by atoms with Crippen LogP contribution in [0.5, 0.6) is 5.75 Å². The van der Waals surface area contributed by atoms with Crippen LogP contribution >= 0.6 is 0 Å². The smallest absolute Gasteiger partial charge is 0.223 e. The maximum Gasteiger partial charge on any atom is 0.223 e. The summed E-state index contributed by atoms with van der Waals surface area (Å²) in [6.45, 7) is 5.27. The Morgan fingerprint density at radius 2 is 2.00 bits per heavy atom. The van der Waals surface area contributed by atoms with Crippen molar-refractivity contribution in [2.45, 2.75) is 26.7 Å². The van der Waals surface area contributed by atoms with E-state index >= 15 is 0 Å². The third-order valence-corrected chi connectivity index (χ3v) is 3.57. The molecule has 0 spiro atoms. The number of ether oxygens (including phenoxy) is 1. The van der Waals surface area contributed by atoms with Crippen LogP contribution in [0.25, 0.3) is 0 Å². The van der Waals surface area contributed by atoms with Crippen molar-refractivity contribution in [2.24, 2.45) is 5.73 Å². The molecule has 1 aromatic carbocycles. The van der Waals surface area contributed by atoms with Gasteiger partial charge in [-0.15, -0.1) is 0 Å². The highest BCUT2D eigenvalue weighted by Crippen LogP contribution is 2.24. The van der Waals surface area contributed by atoms with E-state index < -0.39 is 0 Å². The summed E-state index contributed by atoms with van der Waals surface area (Å²) < 4.78 is 5.30. The highest BCUT2D eigenvalue weighted by molar-refractivity contribution is 5.76. The van der Waals surface area contributed by atoms with Gasteiger partial charge in [-0.2, -0.15) is 0 Å². The third-order valence-electron chi connectivity index (χ3n) is 3.57. The number of nitrogens with two attached hydrogens (primary N) is 1. The summed E-state index contributed by atoms with van der Waals surface area (Å²) in [4.78, 5) is 13.4. The molecule has 106 valence electrons. The number of benzene rings is 1. The molecule has 0 fully saturated rings. The molecule has 0 aliphatic carbocycles. The molecule has 1 aromatic rings. The molecule has 0 aliphatic heterocycles. The number of hydrogen-bond acceptors (Lipinski definition) is 3. The van der Waals surface area contributed by atoms with Gasteiger partial charge >= 0.3 is 0 Å². The minimum atomic E-state index is 0.102. The zero-order chi connectivity index (χ0) is 14.4. The highest BCUT2D eigenvalue weighted by Gasteiger charge is 2.10.